The van der Waals surface area contributed by atoms with E-state index in [2.05, 4.69) is 11.6 Å². The Kier molecular flexibility index (Phi) is 4.55. The molecule has 1 heterocycles. The Bertz CT molecular complexity index is 280. The fourth-order valence-corrected chi connectivity index (χ4v) is 3.01. The summed E-state index contributed by atoms with van der Waals surface area (Å²) in [4.78, 5) is 0. The summed E-state index contributed by atoms with van der Waals surface area (Å²) in [6.45, 7) is 8.02. The monoisotopic (exact) mass is 234 g/mol. The topological polar surface area (TPSA) is 49.4 Å². The van der Waals surface area contributed by atoms with Crippen molar-refractivity contribution in [2.75, 3.05) is 19.6 Å². The highest BCUT2D eigenvalue weighted by atomic mass is 32.2. The van der Waals surface area contributed by atoms with Crippen LogP contribution in [0.15, 0.2) is 0 Å². The molecule has 90 valence electrons. The molecule has 1 N–H and O–H groups in total. The van der Waals surface area contributed by atoms with Crippen LogP contribution in [0.25, 0.3) is 0 Å². The van der Waals surface area contributed by atoms with Gasteiger partial charge in [-0.1, -0.05) is 20.8 Å². The molecule has 1 saturated heterocycles. The lowest BCUT2D eigenvalue weighted by Crippen LogP contribution is -2.45. The fourth-order valence-electron chi connectivity index (χ4n) is 1.59. The Labute approximate surface area is 93.2 Å². The van der Waals surface area contributed by atoms with Gasteiger partial charge in [0.2, 0.25) is 0 Å². The molecular weight excluding hydrogens is 212 g/mol. The molecule has 1 aliphatic heterocycles. The molecule has 0 radical (unpaired) electrons. The lowest BCUT2D eigenvalue weighted by molar-refractivity contribution is 0.284. The summed E-state index contributed by atoms with van der Waals surface area (Å²) in [5.74, 6) is 1.00. The van der Waals surface area contributed by atoms with E-state index in [-0.39, 0.29) is 0 Å². The summed E-state index contributed by atoms with van der Waals surface area (Å²) in [6, 6.07) is 0. The first-order valence-electron chi connectivity index (χ1n) is 5.66. The van der Waals surface area contributed by atoms with Crippen LogP contribution in [0.5, 0.6) is 0 Å². The standard InChI is InChI=1S/C10H22N2O2S/c1-9(2)8-11-15(13,14)12-6-4-10(3)5-7-12/h9-11H,4-8H2,1-3H3. The van der Waals surface area contributed by atoms with Crippen molar-refractivity contribution in [3.05, 3.63) is 0 Å². The number of piperidine rings is 1. The number of hydrogen-bond donors (Lipinski definition) is 1. The van der Waals surface area contributed by atoms with Crippen molar-refractivity contribution >= 4 is 10.2 Å². The molecule has 5 heteroatoms. The quantitative estimate of drug-likeness (QED) is 0.795. The van der Waals surface area contributed by atoms with Crippen molar-refractivity contribution in [2.45, 2.75) is 33.6 Å². The van der Waals surface area contributed by atoms with Gasteiger partial charge in [0.15, 0.2) is 0 Å². The van der Waals surface area contributed by atoms with Crippen molar-refractivity contribution in [1.82, 2.24) is 9.03 Å². The summed E-state index contributed by atoms with van der Waals surface area (Å²) < 4.78 is 27.8. The van der Waals surface area contributed by atoms with Crippen molar-refractivity contribution in [3.63, 3.8) is 0 Å². The van der Waals surface area contributed by atoms with E-state index in [0.717, 1.165) is 12.8 Å². The SMILES string of the molecule is CC(C)CNS(=O)(=O)N1CCC(C)CC1. The van der Waals surface area contributed by atoms with Crippen LogP contribution in [0.4, 0.5) is 0 Å². The predicted octanol–water partition coefficient (Wildman–Crippen LogP) is 1.21. The van der Waals surface area contributed by atoms with Crippen LogP contribution in [-0.2, 0) is 10.2 Å². The molecule has 0 unspecified atom stereocenters. The van der Waals surface area contributed by atoms with E-state index in [0.29, 0.717) is 31.5 Å². The van der Waals surface area contributed by atoms with E-state index in [4.69, 9.17) is 0 Å². The van der Waals surface area contributed by atoms with Crippen LogP contribution in [0.1, 0.15) is 33.6 Å². The van der Waals surface area contributed by atoms with Gasteiger partial charge in [0, 0.05) is 19.6 Å². The van der Waals surface area contributed by atoms with Gasteiger partial charge in [0.25, 0.3) is 10.2 Å². The van der Waals surface area contributed by atoms with Gasteiger partial charge >= 0.3 is 0 Å². The molecule has 1 rings (SSSR count). The molecule has 0 saturated carbocycles. The molecular formula is C10H22N2O2S. The first-order valence-corrected chi connectivity index (χ1v) is 7.10. The molecule has 0 amide bonds. The second-order valence-corrected chi connectivity index (χ2v) is 6.58. The Morgan fingerprint density at radius 1 is 1.33 bits per heavy atom. The van der Waals surface area contributed by atoms with Gasteiger partial charge in [0.05, 0.1) is 0 Å². The van der Waals surface area contributed by atoms with Gasteiger partial charge < -0.3 is 0 Å². The average Bonchev–Trinajstić information content (AvgIpc) is 2.16. The maximum absolute atomic E-state index is 11.8. The average molecular weight is 234 g/mol. The predicted molar refractivity (Wildman–Crippen MR) is 61.7 cm³/mol. The Balaban J connectivity index is 2.47. The molecule has 0 bridgehead atoms. The van der Waals surface area contributed by atoms with Crippen molar-refractivity contribution in [2.24, 2.45) is 11.8 Å². The second kappa shape index (κ2) is 5.27. The third kappa shape index (κ3) is 4.09. The van der Waals surface area contributed by atoms with E-state index in [1.54, 1.807) is 4.31 Å². The maximum atomic E-state index is 11.8. The van der Waals surface area contributed by atoms with Gasteiger partial charge in [-0.3, -0.25) is 0 Å². The number of hydrogen-bond acceptors (Lipinski definition) is 2. The lowest BCUT2D eigenvalue weighted by atomic mass is 10.0. The molecule has 4 nitrogen and oxygen atoms in total. The van der Waals surface area contributed by atoms with Gasteiger partial charge in [-0.25, -0.2) is 4.72 Å². The molecule has 15 heavy (non-hydrogen) atoms. The summed E-state index contributed by atoms with van der Waals surface area (Å²) >= 11 is 0. The zero-order valence-corrected chi connectivity index (χ0v) is 10.7. The molecule has 0 aliphatic carbocycles. The van der Waals surface area contributed by atoms with Gasteiger partial charge in [-0.05, 0) is 24.7 Å². The highest BCUT2D eigenvalue weighted by Gasteiger charge is 2.25. The zero-order valence-electron chi connectivity index (χ0n) is 9.86. The third-order valence-corrected chi connectivity index (χ3v) is 4.33. The van der Waals surface area contributed by atoms with Crippen LogP contribution in [0.2, 0.25) is 0 Å². The van der Waals surface area contributed by atoms with Gasteiger partial charge in [-0.15, -0.1) is 0 Å². The Morgan fingerprint density at radius 3 is 2.33 bits per heavy atom. The van der Waals surface area contributed by atoms with Crippen LogP contribution >= 0.6 is 0 Å². The molecule has 1 fully saturated rings. The first kappa shape index (κ1) is 12.9. The number of nitrogens with zero attached hydrogens (tertiary/aromatic N) is 1. The summed E-state index contributed by atoms with van der Waals surface area (Å²) in [7, 11) is -3.22. The van der Waals surface area contributed by atoms with E-state index >= 15 is 0 Å². The number of rotatable bonds is 4. The Hall–Kier alpha value is -0.130. The van der Waals surface area contributed by atoms with Crippen LogP contribution in [0, 0.1) is 11.8 Å². The summed E-state index contributed by atoms with van der Waals surface area (Å²) in [5.41, 5.74) is 0. The minimum Gasteiger partial charge on any atom is -0.202 e. The van der Waals surface area contributed by atoms with E-state index in [9.17, 15) is 8.42 Å². The van der Waals surface area contributed by atoms with Crippen LogP contribution in [-0.4, -0.2) is 32.4 Å². The zero-order chi connectivity index (χ0) is 11.5. The smallest absolute Gasteiger partial charge is 0.202 e. The first-order chi connectivity index (χ1) is 6.92. The summed E-state index contributed by atoms with van der Waals surface area (Å²) in [6.07, 6.45) is 1.95. The normalized spacial score (nSPS) is 21.1. The molecule has 0 aromatic carbocycles. The second-order valence-electron chi connectivity index (χ2n) is 4.83. The molecule has 0 atom stereocenters. The molecule has 0 aromatic heterocycles. The van der Waals surface area contributed by atoms with Crippen LogP contribution in [0.3, 0.4) is 0 Å². The van der Waals surface area contributed by atoms with E-state index in [1.807, 2.05) is 13.8 Å². The van der Waals surface area contributed by atoms with E-state index < -0.39 is 10.2 Å². The summed E-state index contributed by atoms with van der Waals surface area (Å²) in [5, 5.41) is 0. The van der Waals surface area contributed by atoms with Crippen molar-refractivity contribution < 1.29 is 8.42 Å². The lowest BCUT2D eigenvalue weighted by Gasteiger charge is -2.29. The van der Waals surface area contributed by atoms with E-state index in [1.165, 1.54) is 0 Å². The molecule has 1 aliphatic rings. The van der Waals surface area contributed by atoms with Crippen molar-refractivity contribution in [3.8, 4) is 0 Å². The largest absolute Gasteiger partial charge is 0.279 e. The fraction of sp³-hybridized carbons (Fsp3) is 1.00. The highest BCUT2D eigenvalue weighted by molar-refractivity contribution is 7.87. The number of nitrogens with one attached hydrogen (secondary N) is 1. The minimum absolute atomic E-state index is 0.350. The maximum Gasteiger partial charge on any atom is 0.279 e. The van der Waals surface area contributed by atoms with Crippen LogP contribution < -0.4 is 4.72 Å². The highest BCUT2D eigenvalue weighted by Crippen LogP contribution is 2.17. The van der Waals surface area contributed by atoms with Gasteiger partial charge in [-0.2, -0.15) is 12.7 Å². The van der Waals surface area contributed by atoms with Crippen molar-refractivity contribution in [1.29, 1.82) is 0 Å². The molecule has 0 spiro atoms. The minimum atomic E-state index is -3.22. The third-order valence-electron chi connectivity index (χ3n) is 2.76. The van der Waals surface area contributed by atoms with Gasteiger partial charge in [0.1, 0.15) is 0 Å². The Morgan fingerprint density at radius 2 is 1.87 bits per heavy atom. The molecule has 0 aromatic rings.